The van der Waals surface area contributed by atoms with Crippen molar-refractivity contribution in [1.82, 2.24) is 24.2 Å². The van der Waals surface area contributed by atoms with E-state index in [4.69, 9.17) is 0 Å². The summed E-state index contributed by atoms with van der Waals surface area (Å²) in [6, 6.07) is -0.0125. The first-order chi connectivity index (χ1) is 12.1. The molecule has 8 heteroatoms. The van der Waals surface area contributed by atoms with Crippen LogP contribution < -0.4 is 4.87 Å². The summed E-state index contributed by atoms with van der Waals surface area (Å²) in [5.41, 5.74) is 0.843. The van der Waals surface area contributed by atoms with Gasteiger partial charge in [0.25, 0.3) is 0 Å². The Kier molecular flexibility index (Phi) is 4.45. The van der Waals surface area contributed by atoms with Gasteiger partial charge < -0.3 is 9.47 Å². The third kappa shape index (κ3) is 3.03. The molecule has 0 aliphatic carbocycles. The highest BCUT2D eigenvalue weighted by Crippen LogP contribution is 2.32. The Morgan fingerprint density at radius 3 is 2.92 bits per heavy atom. The molecule has 1 unspecified atom stereocenters. The molecule has 134 valence electrons. The molecule has 1 fully saturated rings. The van der Waals surface area contributed by atoms with Gasteiger partial charge in [0.05, 0.1) is 6.04 Å². The second kappa shape index (κ2) is 6.74. The molecule has 0 radical (unpaired) electrons. The van der Waals surface area contributed by atoms with Crippen LogP contribution >= 0.6 is 11.3 Å². The fourth-order valence-corrected chi connectivity index (χ4v) is 4.64. The van der Waals surface area contributed by atoms with Crippen molar-refractivity contribution in [3.05, 3.63) is 32.4 Å². The third-order valence-electron chi connectivity index (χ3n) is 5.28. The first kappa shape index (κ1) is 16.5. The van der Waals surface area contributed by atoms with Crippen molar-refractivity contribution in [3.8, 4) is 0 Å². The van der Waals surface area contributed by atoms with Crippen molar-refractivity contribution in [3.63, 3.8) is 0 Å². The van der Waals surface area contributed by atoms with Gasteiger partial charge in [0, 0.05) is 30.6 Å². The second-order valence-corrected chi connectivity index (χ2v) is 7.73. The lowest BCUT2D eigenvalue weighted by Gasteiger charge is -2.25. The molecule has 2 aromatic rings. The molecule has 0 spiro atoms. The average molecular weight is 361 g/mol. The van der Waals surface area contributed by atoms with Crippen LogP contribution in [0.1, 0.15) is 55.5 Å². The van der Waals surface area contributed by atoms with Crippen molar-refractivity contribution in [2.75, 3.05) is 6.54 Å². The summed E-state index contributed by atoms with van der Waals surface area (Å²) in [6.45, 7) is 3.65. The number of hydrogen-bond donors (Lipinski definition) is 0. The number of amides is 1. The number of nitrogens with zero attached hydrogens (tertiary/aromatic N) is 5. The molecule has 1 amide bonds. The zero-order valence-corrected chi connectivity index (χ0v) is 15.3. The van der Waals surface area contributed by atoms with Crippen LogP contribution in [0.15, 0.2) is 10.2 Å². The van der Waals surface area contributed by atoms with Crippen molar-refractivity contribution in [1.29, 1.82) is 0 Å². The molecule has 0 saturated carbocycles. The van der Waals surface area contributed by atoms with Crippen molar-refractivity contribution >= 4 is 17.2 Å². The van der Waals surface area contributed by atoms with Crippen molar-refractivity contribution in [2.24, 2.45) is 0 Å². The summed E-state index contributed by atoms with van der Waals surface area (Å²) in [6.07, 6.45) is 6.37. The van der Waals surface area contributed by atoms with E-state index in [1.165, 1.54) is 6.42 Å². The topological polar surface area (TPSA) is 73.0 Å². The monoisotopic (exact) mass is 361 g/mol. The smallest absolute Gasteiger partial charge is 0.307 e. The molecule has 2 aliphatic rings. The maximum absolute atomic E-state index is 12.9. The number of carbonyl (C=O) groups is 1. The molecule has 25 heavy (non-hydrogen) atoms. The Bertz CT molecular complexity index is 836. The molecule has 1 saturated heterocycles. The maximum atomic E-state index is 12.9. The van der Waals surface area contributed by atoms with Crippen LogP contribution in [0.25, 0.3) is 0 Å². The van der Waals surface area contributed by atoms with E-state index in [9.17, 15) is 9.59 Å². The van der Waals surface area contributed by atoms with Gasteiger partial charge in [-0.05, 0) is 32.6 Å². The van der Waals surface area contributed by atoms with Crippen LogP contribution in [0.4, 0.5) is 0 Å². The Labute approximate surface area is 150 Å². The van der Waals surface area contributed by atoms with E-state index in [1.807, 2.05) is 11.8 Å². The highest BCUT2D eigenvalue weighted by molar-refractivity contribution is 7.07. The normalized spacial score (nSPS) is 20.5. The van der Waals surface area contributed by atoms with E-state index in [0.717, 1.165) is 73.9 Å². The fourth-order valence-electron chi connectivity index (χ4n) is 3.91. The number of thiazole rings is 1. The van der Waals surface area contributed by atoms with Crippen LogP contribution in [-0.2, 0) is 24.3 Å². The lowest BCUT2D eigenvalue weighted by molar-refractivity contribution is -0.133. The maximum Gasteiger partial charge on any atom is 0.307 e. The van der Waals surface area contributed by atoms with Gasteiger partial charge in [-0.15, -0.1) is 10.2 Å². The molecule has 0 N–H and O–H groups in total. The van der Waals surface area contributed by atoms with Gasteiger partial charge in [0.2, 0.25) is 5.91 Å². The molecule has 0 bridgehead atoms. The number of aryl methyl sites for hydroxylation is 2. The van der Waals surface area contributed by atoms with E-state index in [2.05, 4.69) is 14.8 Å². The minimum Gasteiger partial charge on any atom is -0.331 e. The van der Waals surface area contributed by atoms with E-state index in [0.29, 0.717) is 0 Å². The fraction of sp³-hybridized carbons (Fsp3) is 0.647. The van der Waals surface area contributed by atoms with Crippen LogP contribution in [-0.4, -0.2) is 36.7 Å². The molecular weight excluding hydrogens is 338 g/mol. The minimum absolute atomic E-state index is 0.00271. The Balaban J connectivity index is 1.58. The predicted molar refractivity (Wildman–Crippen MR) is 94.6 cm³/mol. The summed E-state index contributed by atoms with van der Waals surface area (Å²) < 4.78 is 3.79. The molecule has 7 nitrogen and oxygen atoms in total. The van der Waals surface area contributed by atoms with Gasteiger partial charge in [0.1, 0.15) is 12.4 Å². The first-order valence-electron chi connectivity index (χ1n) is 9.01. The Morgan fingerprint density at radius 1 is 1.24 bits per heavy atom. The van der Waals surface area contributed by atoms with E-state index in [1.54, 1.807) is 9.95 Å². The summed E-state index contributed by atoms with van der Waals surface area (Å²) >= 11 is 1.15. The molecule has 0 aromatic carbocycles. The van der Waals surface area contributed by atoms with Gasteiger partial charge in [-0.25, -0.2) is 0 Å². The molecule has 4 rings (SSSR count). The number of rotatable bonds is 3. The number of likely N-dealkylation sites (tertiary alicyclic amines) is 1. The number of fused-ring (bicyclic) bond motifs is 1. The van der Waals surface area contributed by atoms with E-state index < -0.39 is 0 Å². The Hall–Kier alpha value is -1.96. The molecular formula is C17H23N5O2S. The first-order valence-corrected chi connectivity index (χ1v) is 9.89. The standard InChI is InChI=1S/C17H23N5O2S/c1-12-11-25-17(24)22(12)10-15(23)20-9-5-6-13(20)16-19-18-14-7-3-2-4-8-21(14)16/h11,13H,2-10H2,1H3. The quantitative estimate of drug-likeness (QED) is 0.837. The van der Waals surface area contributed by atoms with Gasteiger partial charge in [-0.2, -0.15) is 0 Å². The largest absolute Gasteiger partial charge is 0.331 e. The van der Waals surface area contributed by atoms with Gasteiger partial charge in [0.15, 0.2) is 5.82 Å². The highest BCUT2D eigenvalue weighted by atomic mass is 32.1. The zero-order chi connectivity index (χ0) is 17.4. The van der Waals surface area contributed by atoms with Crippen LogP contribution in [0.2, 0.25) is 0 Å². The average Bonchev–Trinajstić information content (AvgIpc) is 3.26. The SMILES string of the molecule is Cc1csc(=O)n1CC(=O)N1CCCC1c1nnc2n1CCCCC2. The molecule has 4 heterocycles. The third-order valence-corrected chi connectivity index (χ3v) is 6.16. The van der Waals surface area contributed by atoms with E-state index in [-0.39, 0.29) is 23.4 Å². The van der Waals surface area contributed by atoms with Crippen LogP contribution in [0.3, 0.4) is 0 Å². The lowest BCUT2D eigenvalue weighted by Crippen LogP contribution is -2.36. The van der Waals surface area contributed by atoms with Crippen molar-refractivity contribution in [2.45, 2.75) is 64.6 Å². The summed E-state index contributed by atoms with van der Waals surface area (Å²) in [4.78, 5) is 26.6. The van der Waals surface area contributed by atoms with E-state index >= 15 is 0 Å². The highest BCUT2D eigenvalue weighted by Gasteiger charge is 2.34. The minimum atomic E-state index is -0.0714. The van der Waals surface area contributed by atoms with Gasteiger partial charge in [-0.1, -0.05) is 17.8 Å². The zero-order valence-electron chi connectivity index (χ0n) is 14.5. The van der Waals surface area contributed by atoms with Crippen LogP contribution in [0, 0.1) is 6.92 Å². The number of hydrogen-bond acceptors (Lipinski definition) is 5. The van der Waals surface area contributed by atoms with Gasteiger partial charge in [-0.3, -0.25) is 14.2 Å². The predicted octanol–water partition coefficient (Wildman–Crippen LogP) is 1.90. The lowest BCUT2D eigenvalue weighted by atomic mass is 10.2. The summed E-state index contributed by atoms with van der Waals surface area (Å²) in [7, 11) is 0. The molecule has 2 aromatic heterocycles. The molecule has 1 atom stereocenters. The summed E-state index contributed by atoms with van der Waals surface area (Å²) in [5.74, 6) is 1.98. The van der Waals surface area contributed by atoms with Crippen LogP contribution in [0.5, 0.6) is 0 Å². The second-order valence-electron chi connectivity index (χ2n) is 6.91. The van der Waals surface area contributed by atoms with Crippen molar-refractivity contribution < 1.29 is 4.79 Å². The summed E-state index contributed by atoms with van der Waals surface area (Å²) in [5, 5.41) is 10.6. The number of carbonyl (C=O) groups excluding carboxylic acids is 1. The number of aromatic nitrogens is 4. The van der Waals surface area contributed by atoms with Gasteiger partial charge >= 0.3 is 4.87 Å². The Morgan fingerprint density at radius 2 is 2.12 bits per heavy atom. The molecule has 2 aliphatic heterocycles.